The van der Waals surface area contributed by atoms with Crippen molar-refractivity contribution in [3.05, 3.63) is 60.2 Å². The monoisotopic (exact) mass is 345 g/mol. The Bertz CT molecular complexity index is 797. The third-order valence-electron chi connectivity index (χ3n) is 7.53. The van der Waals surface area contributed by atoms with E-state index < -0.39 is 0 Å². The van der Waals surface area contributed by atoms with E-state index in [9.17, 15) is 0 Å². The highest BCUT2D eigenvalue weighted by Gasteiger charge is 2.89. The average Bonchev–Trinajstić information content (AvgIpc) is 3.55. The van der Waals surface area contributed by atoms with E-state index in [2.05, 4.69) is 76.2 Å². The van der Waals surface area contributed by atoms with Gasteiger partial charge in [-0.1, -0.05) is 37.3 Å². The van der Waals surface area contributed by atoms with Crippen LogP contribution in [0.3, 0.4) is 0 Å². The van der Waals surface area contributed by atoms with Crippen molar-refractivity contribution in [3.63, 3.8) is 0 Å². The molecular formula is C23H27N3. The zero-order chi connectivity index (χ0) is 17.3. The number of anilines is 2. The first-order valence-electron chi connectivity index (χ1n) is 10.2. The Morgan fingerprint density at radius 2 is 1.38 bits per heavy atom. The summed E-state index contributed by atoms with van der Waals surface area (Å²) >= 11 is 0. The van der Waals surface area contributed by atoms with Crippen molar-refractivity contribution < 1.29 is 0 Å². The van der Waals surface area contributed by atoms with Crippen LogP contribution in [0.1, 0.15) is 12.5 Å². The number of likely N-dealkylation sites (N-methyl/N-ethyl adjacent to an activating group) is 1. The van der Waals surface area contributed by atoms with Gasteiger partial charge in [-0.05, 0) is 48.2 Å². The summed E-state index contributed by atoms with van der Waals surface area (Å²) in [6.07, 6.45) is 0. The minimum atomic E-state index is 0.547. The molecule has 5 fully saturated rings. The lowest BCUT2D eigenvalue weighted by Gasteiger charge is -2.37. The lowest BCUT2D eigenvalue weighted by atomic mass is 9.88. The van der Waals surface area contributed by atoms with Gasteiger partial charge in [0, 0.05) is 55.6 Å². The molecule has 3 nitrogen and oxygen atoms in total. The van der Waals surface area contributed by atoms with Gasteiger partial charge in [0.05, 0.1) is 0 Å². The van der Waals surface area contributed by atoms with Crippen molar-refractivity contribution in [2.45, 2.75) is 18.4 Å². The maximum absolute atomic E-state index is 2.70. The molecule has 2 aromatic rings. The first-order valence-corrected chi connectivity index (χ1v) is 10.2. The van der Waals surface area contributed by atoms with E-state index >= 15 is 0 Å². The van der Waals surface area contributed by atoms with Crippen molar-refractivity contribution >= 4 is 11.4 Å². The lowest BCUT2D eigenvalue weighted by Crippen LogP contribution is -2.46. The molecule has 2 saturated carbocycles. The second-order valence-corrected chi connectivity index (χ2v) is 8.50. The fourth-order valence-corrected chi connectivity index (χ4v) is 6.03. The Labute approximate surface area is 156 Å². The summed E-state index contributed by atoms with van der Waals surface area (Å²) in [5, 5.41) is 0. The first kappa shape index (κ1) is 15.1. The number of fused-ring (bicyclic) bond motifs is 1. The standard InChI is InChI=1S/C23H27N3/c1-2-24-16-23(20-21(23)22(20)24)17-8-10-19(11-9-17)26-14-12-25(13-15-26)18-6-4-3-5-7-18/h3-11,20-22H,2,12-16H2,1H3. The molecule has 3 saturated heterocycles. The molecule has 2 atom stereocenters. The second-order valence-electron chi connectivity index (χ2n) is 8.50. The molecule has 134 valence electrons. The summed E-state index contributed by atoms with van der Waals surface area (Å²) in [5.74, 6) is 1.98. The number of nitrogens with zero attached hydrogens (tertiary/aromatic N) is 3. The fourth-order valence-electron chi connectivity index (χ4n) is 6.03. The fraction of sp³-hybridized carbons (Fsp3) is 0.478. The van der Waals surface area contributed by atoms with Crippen molar-refractivity contribution in [2.75, 3.05) is 49.1 Å². The van der Waals surface area contributed by atoms with Gasteiger partial charge in [0.1, 0.15) is 0 Å². The van der Waals surface area contributed by atoms with Gasteiger partial charge in [0.25, 0.3) is 0 Å². The number of rotatable bonds is 4. The third-order valence-corrected chi connectivity index (χ3v) is 7.53. The summed E-state index contributed by atoms with van der Waals surface area (Å²) in [4.78, 5) is 7.75. The topological polar surface area (TPSA) is 9.72 Å². The highest BCUT2D eigenvalue weighted by atomic mass is 15.3. The molecular weight excluding hydrogens is 318 g/mol. The molecule has 7 rings (SSSR count). The zero-order valence-electron chi connectivity index (χ0n) is 15.5. The molecule has 3 heteroatoms. The Morgan fingerprint density at radius 3 is 1.92 bits per heavy atom. The largest absolute Gasteiger partial charge is 0.368 e. The Balaban J connectivity index is 1.13. The molecule has 2 aliphatic carbocycles. The van der Waals surface area contributed by atoms with Crippen molar-refractivity contribution in [1.29, 1.82) is 0 Å². The normalized spacial score (nSPS) is 34.7. The highest BCUT2D eigenvalue weighted by Crippen LogP contribution is 2.83. The third kappa shape index (κ3) is 1.92. The highest BCUT2D eigenvalue weighted by molar-refractivity contribution is 5.58. The number of piperazine rings is 1. The molecule has 0 radical (unpaired) electrons. The van der Waals surface area contributed by atoms with Gasteiger partial charge >= 0.3 is 0 Å². The quantitative estimate of drug-likeness (QED) is 0.842. The van der Waals surface area contributed by atoms with Gasteiger partial charge in [-0.3, -0.25) is 4.90 Å². The van der Waals surface area contributed by atoms with Crippen LogP contribution in [0.5, 0.6) is 0 Å². The van der Waals surface area contributed by atoms with E-state index in [1.54, 1.807) is 5.56 Å². The van der Waals surface area contributed by atoms with Gasteiger partial charge in [-0.15, -0.1) is 0 Å². The number of hydrogen-bond donors (Lipinski definition) is 0. The second kappa shape index (κ2) is 5.26. The Hall–Kier alpha value is -2.00. The van der Waals surface area contributed by atoms with E-state index in [-0.39, 0.29) is 0 Å². The molecule has 2 aromatic carbocycles. The van der Waals surface area contributed by atoms with E-state index in [1.807, 2.05) is 0 Å². The predicted octanol–water partition coefficient (Wildman–Crippen LogP) is 3.21. The van der Waals surface area contributed by atoms with Crippen LogP contribution in [0.15, 0.2) is 54.6 Å². The molecule has 0 amide bonds. The summed E-state index contributed by atoms with van der Waals surface area (Å²) in [6.45, 7) is 9.26. The maximum atomic E-state index is 2.70. The van der Waals surface area contributed by atoms with E-state index in [1.165, 1.54) is 24.5 Å². The minimum absolute atomic E-state index is 0.547. The van der Waals surface area contributed by atoms with Crippen LogP contribution in [0.2, 0.25) is 0 Å². The molecule has 0 aromatic heterocycles. The van der Waals surface area contributed by atoms with Crippen LogP contribution in [0.4, 0.5) is 11.4 Å². The van der Waals surface area contributed by atoms with E-state index in [0.29, 0.717) is 5.41 Å². The lowest BCUT2D eigenvalue weighted by molar-refractivity contribution is 0.338. The molecule has 5 aliphatic rings. The summed E-state index contributed by atoms with van der Waals surface area (Å²) in [5.41, 5.74) is 4.90. The van der Waals surface area contributed by atoms with Gasteiger partial charge in [-0.2, -0.15) is 0 Å². The average molecular weight is 345 g/mol. The summed E-state index contributed by atoms with van der Waals surface area (Å²) < 4.78 is 0. The van der Waals surface area contributed by atoms with Crippen LogP contribution in [0, 0.1) is 11.8 Å². The predicted molar refractivity (Wildman–Crippen MR) is 107 cm³/mol. The van der Waals surface area contributed by atoms with Crippen LogP contribution in [0.25, 0.3) is 0 Å². The number of para-hydroxylation sites is 1. The van der Waals surface area contributed by atoms with E-state index in [0.717, 1.165) is 44.1 Å². The van der Waals surface area contributed by atoms with Crippen LogP contribution >= 0.6 is 0 Å². The van der Waals surface area contributed by atoms with Crippen molar-refractivity contribution in [3.8, 4) is 0 Å². The zero-order valence-corrected chi connectivity index (χ0v) is 15.5. The molecule has 3 heterocycles. The van der Waals surface area contributed by atoms with Crippen LogP contribution in [-0.4, -0.2) is 50.2 Å². The SMILES string of the molecule is CCN1CC2(c3ccc(N4CCN(c5ccccc5)CC4)cc3)C3C1C32. The number of hydrogen-bond acceptors (Lipinski definition) is 3. The molecule has 3 aliphatic heterocycles. The Kier molecular flexibility index (Phi) is 3.05. The van der Waals surface area contributed by atoms with Gasteiger partial charge < -0.3 is 9.80 Å². The van der Waals surface area contributed by atoms with Crippen molar-refractivity contribution in [2.24, 2.45) is 11.8 Å². The van der Waals surface area contributed by atoms with Gasteiger partial charge in [-0.25, -0.2) is 0 Å². The summed E-state index contributed by atoms with van der Waals surface area (Å²) in [6, 6.07) is 21.4. The molecule has 0 N–H and O–H groups in total. The van der Waals surface area contributed by atoms with E-state index in [4.69, 9.17) is 0 Å². The van der Waals surface area contributed by atoms with Crippen LogP contribution < -0.4 is 9.80 Å². The first-order chi connectivity index (χ1) is 12.8. The number of piperidine rings is 1. The van der Waals surface area contributed by atoms with Gasteiger partial charge in [0.15, 0.2) is 0 Å². The molecule has 0 spiro atoms. The smallest absolute Gasteiger partial charge is 0.0367 e. The molecule has 26 heavy (non-hydrogen) atoms. The summed E-state index contributed by atoms with van der Waals surface area (Å²) in [7, 11) is 0. The maximum Gasteiger partial charge on any atom is 0.0367 e. The van der Waals surface area contributed by atoms with Crippen LogP contribution in [-0.2, 0) is 5.41 Å². The Morgan fingerprint density at radius 1 is 0.808 bits per heavy atom. The minimum Gasteiger partial charge on any atom is -0.368 e. The van der Waals surface area contributed by atoms with Crippen molar-refractivity contribution in [1.82, 2.24) is 4.90 Å². The molecule has 2 unspecified atom stereocenters. The van der Waals surface area contributed by atoms with Gasteiger partial charge in [0.2, 0.25) is 0 Å². The molecule has 2 bridgehead atoms. The number of benzene rings is 2.